The highest BCUT2D eigenvalue weighted by Gasteiger charge is 2.32. The van der Waals surface area contributed by atoms with Gasteiger partial charge in [0, 0.05) is 5.57 Å². The Morgan fingerprint density at radius 2 is 1.71 bits per heavy atom. The van der Waals surface area contributed by atoms with Crippen LogP contribution in [0.1, 0.15) is 26.7 Å². The van der Waals surface area contributed by atoms with Crippen LogP contribution in [0.2, 0.25) is 0 Å². The Morgan fingerprint density at radius 1 is 1.07 bits per heavy atom. The van der Waals surface area contributed by atoms with Crippen LogP contribution in [-0.4, -0.2) is 6.18 Å². The minimum absolute atomic E-state index is 0.0790. The van der Waals surface area contributed by atoms with Crippen LogP contribution in [0.5, 0.6) is 0 Å². The molecule has 1 rings (SSSR count). The summed E-state index contributed by atoms with van der Waals surface area (Å²) in [5.74, 6) is 0. The van der Waals surface area contributed by atoms with E-state index < -0.39 is 11.7 Å². The molecule has 0 heterocycles. The van der Waals surface area contributed by atoms with Gasteiger partial charge < -0.3 is 0 Å². The smallest absolute Gasteiger partial charge is 0.166 e. The SMILES string of the molecule is CC1=C/C=C(/C(F)(F)F)CCC(C)=C1. The van der Waals surface area contributed by atoms with Crippen molar-refractivity contribution >= 4 is 0 Å². The molecule has 14 heavy (non-hydrogen) atoms. The lowest BCUT2D eigenvalue weighted by atomic mass is 10.00. The molecule has 0 aromatic rings. The molecule has 0 aromatic heterocycles. The number of rotatable bonds is 0. The molecule has 3 heteroatoms. The maximum absolute atomic E-state index is 12.4. The van der Waals surface area contributed by atoms with E-state index in [-0.39, 0.29) is 6.42 Å². The largest absolute Gasteiger partial charge is 0.412 e. The van der Waals surface area contributed by atoms with Gasteiger partial charge in [0.25, 0.3) is 0 Å². The number of hydrogen-bond acceptors (Lipinski definition) is 0. The van der Waals surface area contributed by atoms with Crippen molar-refractivity contribution in [2.45, 2.75) is 32.9 Å². The highest BCUT2D eigenvalue weighted by Crippen LogP contribution is 2.31. The van der Waals surface area contributed by atoms with Gasteiger partial charge in [-0.3, -0.25) is 0 Å². The zero-order chi connectivity index (χ0) is 10.8. The summed E-state index contributed by atoms with van der Waals surface area (Å²) in [4.78, 5) is 0. The van der Waals surface area contributed by atoms with Crippen molar-refractivity contribution < 1.29 is 13.2 Å². The van der Waals surface area contributed by atoms with Crippen LogP contribution in [0.4, 0.5) is 13.2 Å². The van der Waals surface area contributed by atoms with Gasteiger partial charge in [-0.15, -0.1) is 0 Å². The number of hydrogen-bond donors (Lipinski definition) is 0. The van der Waals surface area contributed by atoms with Crippen LogP contribution < -0.4 is 0 Å². The predicted octanol–water partition coefficient (Wildman–Crippen LogP) is 4.16. The van der Waals surface area contributed by atoms with Gasteiger partial charge in [-0.2, -0.15) is 13.2 Å². The van der Waals surface area contributed by atoms with Crippen LogP contribution in [0.25, 0.3) is 0 Å². The molecule has 0 amide bonds. The molecule has 0 unspecified atom stereocenters. The van der Waals surface area contributed by atoms with E-state index in [0.29, 0.717) is 6.42 Å². The Hall–Kier alpha value is -0.990. The summed E-state index contributed by atoms with van der Waals surface area (Å²) in [6.07, 6.45) is 0.994. The molecule has 0 N–H and O–H groups in total. The van der Waals surface area contributed by atoms with Gasteiger partial charge in [0.2, 0.25) is 0 Å². The lowest BCUT2D eigenvalue weighted by Gasteiger charge is -2.13. The zero-order valence-corrected chi connectivity index (χ0v) is 8.28. The molecule has 0 nitrogen and oxygen atoms in total. The summed E-state index contributed by atoms with van der Waals surface area (Å²) in [7, 11) is 0. The molecular weight excluding hydrogens is 189 g/mol. The van der Waals surface area contributed by atoms with E-state index in [2.05, 4.69) is 0 Å². The van der Waals surface area contributed by atoms with Crippen LogP contribution in [-0.2, 0) is 0 Å². The fraction of sp³-hybridized carbons (Fsp3) is 0.455. The minimum atomic E-state index is -4.19. The third kappa shape index (κ3) is 3.05. The Labute approximate surface area is 81.8 Å². The molecule has 1 aliphatic rings. The van der Waals surface area contributed by atoms with E-state index in [1.165, 1.54) is 12.2 Å². The van der Waals surface area contributed by atoms with Crippen molar-refractivity contribution in [3.8, 4) is 0 Å². The molecule has 0 saturated heterocycles. The molecule has 0 aliphatic heterocycles. The average Bonchev–Trinajstić information content (AvgIpc) is 1.98. The van der Waals surface area contributed by atoms with Crippen LogP contribution in [0.3, 0.4) is 0 Å². The van der Waals surface area contributed by atoms with Crippen LogP contribution >= 0.6 is 0 Å². The second-order valence-corrected chi connectivity index (χ2v) is 3.59. The van der Waals surface area contributed by atoms with Crippen LogP contribution in [0.15, 0.2) is 34.9 Å². The summed E-state index contributed by atoms with van der Waals surface area (Å²) in [6.45, 7) is 3.66. The van der Waals surface area contributed by atoms with E-state index in [9.17, 15) is 13.2 Å². The topological polar surface area (TPSA) is 0 Å². The van der Waals surface area contributed by atoms with Gasteiger partial charge in [0.05, 0.1) is 0 Å². The van der Waals surface area contributed by atoms with Crippen molar-refractivity contribution in [1.29, 1.82) is 0 Å². The molecule has 0 spiro atoms. The van der Waals surface area contributed by atoms with Crippen molar-refractivity contribution in [1.82, 2.24) is 0 Å². The first-order valence-electron chi connectivity index (χ1n) is 4.51. The van der Waals surface area contributed by atoms with Crippen LogP contribution in [0, 0.1) is 0 Å². The first-order chi connectivity index (χ1) is 6.39. The van der Waals surface area contributed by atoms with Gasteiger partial charge in [-0.1, -0.05) is 29.4 Å². The molecular formula is C11H13F3. The molecule has 1 aliphatic carbocycles. The maximum Gasteiger partial charge on any atom is 0.412 e. The first kappa shape index (κ1) is 11.1. The molecule has 0 radical (unpaired) electrons. The van der Waals surface area contributed by atoms with E-state index >= 15 is 0 Å². The lowest BCUT2D eigenvalue weighted by Crippen LogP contribution is -2.12. The highest BCUT2D eigenvalue weighted by atomic mass is 19.4. The third-order valence-corrected chi connectivity index (χ3v) is 2.17. The normalized spacial score (nSPS) is 22.8. The number of allylic oxidation sites excluding steroid dienone is 6. The highest BCUT2D eigenvalue weighted by molar-refractivity contribution is 5.30. The Bertz CT molecular complexity index is 303. The Kier molecular flexibility index (Phi) is 3.19. The third-order valence-electron chi connectivity index (χ3n) is 2.17. The fourth-order valence-electron chi connectivity index (χ4n) is 1.39. The van der Waals surface area contributed by atoms with Crippen molar-refractivity contribution in [2.24, 2.45) is 0 Å². The summed E-state index contributed by atoms with van der Waals surface area (Å²) in [5, 5.41) is 0. The van der Waals surface area contributed by atoms with Crippen molar-refractivity contribution in [3.63, 3.8) is 0 Å². The molecule has 78 valence electrons. The predicted molar refractivity (Wildman–Crippen MR) is 50.9 cm³/mol. The fourth-order valence-corrected chi connectivity index (χ4v) is 1.39. The second-order valence-electron chi connectivity index (χ2n) is 3.59. The molecule has 0 fully saturated rings. The van der Waals surface area contributed by atoms with Crippen molar-refractivity contribution in [2.75, 3.05) is 0 Å². The average molecular weight is 202 g/mol. The second kappa shape index (κ2) is 4.03. The minimum Gasteiger partial charge on any atom is -0.166 e. The zero-order valence-electron chi connectivity index (χ0n) is 8.28. The van der Waals surface area contributed by atoms with Gasteiger partial charge in [-0.25, -0.2) is 0 Å². The maximum atomic E-state index is 12.4. The Morgan fingerprint density at radius 3 is 2.29 bits per heavy atom. The first-order valence-corrected chi connectivity index (χ1v) is 4.51. The van der Waals surface area contributed by atoms with Gasteiger partial charge >= 0.3 is 6.18 Å². The van der Waals surface area contributed by atoms with Crippen molar-refractivity contribution in [3.05, 3.63) is 34.9 Å². The molecule has 0 bridgehead atoms. The van der Waals surface area contributed by atoms with E-state index in [0.717, 1.165) is 11.1 Å². The van der Waals surface area contributed by atoms with Gasteiger partial charge in [0.15, 0.2) is 0 Å². The standard InChI is InChI=1S/C11H13F3/c1-8-3-5-10(11(12,13)14)6-4-9(2)7-8/h3,5,7H,4,6H2,1-2H3/b8-3?,9-7?,10-5+. The number of alkyl halides is 3. The van der Waals surface area contributed by atoms with Gasteiger partial charge in [-0.05, 0) is 26.7 Å². The summed E-state index contributed by atoms with van der Waals surface area (Å²) < 4.78 is 37.2. The summed E-state index contributed by atoms with van der Waals surface area (Å²) >= 11 is 0. The molecule has 0 atom stereocenters. The monoisotopic (exact) mass is 202 g/mol. The number of halogens is 3. The van der Waals surface area contributed by atoms with E-state index in [1.807, 2.05) is 13.0 Å². The van der Waals surface area contributed by atoms with Gasteiger partial charge in [0.1, 0.15) is 0 Å². The summed E-state index contributed by atoms with van der Waals surface area (Å²) in [5.41, 5.74) is 1.42. The Balaban J connectivity index is 2.94. The quantitative estimate of drug-likeness (QED) is 0.553. The lowest BCUT2D eigenvalue weighted by molar-refractivity contribution is -0.0939. The summed E-state index contributed by atoms with van der Waals surface area (Å²) in [6, 6.07) is 0. The molecule has 0 saturated carbocycles. The van der Waals surface area contributed by atoms with E-state index in [1.54, 1.807) is 6.92 Å². The van der Waals surface area contributed by atoms with E-state index in [4.69, 9.17) is 0 Å². The molecule has 0 aromatic carbocycles.